The number of aryl methyl sites for hydroxylation is 2. The van der Waals surface area contributed by atoms with Crippen LogP contribution in [0.15, 0.2) is 47.8 Å². The molecule has 0 nitrogen and oxygen atoms in total. The van der Waals surface area contributed by atoms with Crippen LogP contribution < -0.4 is 0 Å². The highest BCUT2D eigenvalue weighted by Crippen LogP contribution is 2.37. The van der Waals surface area contributed by atoms with Crippen LogP contribution >= 0.6 is 11.3 Å². The molecule has 1 heterocycles. The van der Waals surface area contributed by atoms with E-state index in [0.717, 1.165) is 0 Å². The highest BCUT2D eigenvalue weighted by Gasteiger charge is 2.16. The third-order valence-corrected chi connectivity index (χ3v) is 4.53. The van der Waals surface area contributed by atoms with Crippen molar-refractivity contribution in [1.29, 1.82) is 0 Å². The average Bonchev–Trinajstić information content (AvgIpc) is 2.83. The lowest BCUT2D eigenvalue weighted by Gasteiger charge is -2.19. The molecule has 1 aliphatic rings. The maximum absolute atomic E-state index is 2.38. The Bertz CT molecular complexity index is 706. The van der Waals surface area contributed by atoms with Gasteiger partial charge in [0.15, 0.2) is 0 Å². The van der Waals surface area contributed by atoms with Crippen LogP contribution in [0.5, 0.6) is 0 Å². The summed E-state index contributed by atoms with van der Waals surface area (Å²) in [5.41, 5.74) is 5.88. The Hall–Kier alpha value is -1.60. The van der Waals surface area contributed by atoms with E-state index in [4.69, 9.17) is 0 Å². The van der Waals surface area contributed by atoms with Crippen molar-refractivity contribution >= 4 is 21.4 Å². The second-order valence-corrected chi connectivity index (χ2v) is 5.57. The SMILES string of the molecule is c1ccc2c(c1)CCc1cc3sccc3cc1-2. The van der Waals surface area contributed by atoms with Gasteiger partial charge in [-0.05, 0) is 64.1 Å². The first-order chi connectivity index (χ1) is 8.42. The molecule has 0 saturated heterocycles. The van der Waals surface area contributed by atoms with Gasteiger partial charge in [0.2, 0.25) is 0 Å². The first kappa shape index (κ1) is 9.43. The predicted octanol–water partition coefficient (Wildman–Crippen LogP) is 4.67. The van der Waals surface area contributed by atoms with Crippen LogP contribution in [0.25, 0.3) is 21.2 Å². The Labute approximate surface area is 105 Å². The van der Waals surface area contributed by atoms with Crippen molar-refractivity contribution in [2.45, 2.75) is 12.8 Å². The second kappa shape index (κ2) is 3.44. The number of fused-ring (bicyclic) bond motifs is 4. The van der Waals surface area contributed by atoms with Gasteiger partial charge < -0.3 is 0 Å². The zero-order valence-corrected chi connectivity index (χ0v) is 10.3. The van der Waals surface area contributed by atoms with Crippen LogP contribution in [0.3, 0.4) is 0 Å². The van der Waals surface area contributed by atoms with Gasteiger partial charge in [0.05, 0.1) is 0 Å². The molecule has 0 amide bonds. The van der Waals surface area contributed by atoms with Gasteiger partial charge >= 0.3 is 0 Å². The molecule has 0 radical (unpaired) electrons. The quantitative estimate of drug-likeness (QED) is 0.532. The summed E-state index contributed by atoms with van der Waals surface area (Å²) in [6.07, 6.45) is 2.36. The smallest absolute Gasteiger partial charge is 0.0345 e. The highest BCUT2D eigenvalue weighted by molar-refractivity contribution is 7.17. The number of hydrogen-bond donors (Lipinski definition) is 0. The summed E-state index contributed by atoms with van der Waals surface area (Å²) in [6, 6.07) is 15.8. The number of benzene rings is 2. The van der Waals surface area contributed by atoms with Crippen molar-refractivity contribution in [2.24, 2.45) is 0 Å². The fourth-order valence-electron chi connectivity index (χ4n) is 2.78. The van der Waals surface area contributed by atoms with Crippen molar-refractivity contribution in [1.82, 2.24) is 0 Å². The largest absolute Gasteiger partial charge is 0.144 e. The summed E-state index contributed by atoms with van der Waals surface area (Å²) in [7, 11) is 0. The van der Waals surface area contributed by atoms with Gasteiger partial charge in [0.1, 0.15) is 0 Å². The van der Waals surface area contributed by atoms with E-state index >= 15 is 0 Å². The maximum Gasteiger partial charge on any atom is 0.0345 e. The molecule has 0 spiro atoms. The molecule has 0 bridgehead atoms. The highest BCUT2D eigenvalue weighted by atomic mass is 32.1. The molecule has 0 unspecified atom stereocenters. The predicted molar refractivity (Wildman–Crippen MR) is 74.7 cm³/mol. The number of hydrogen-bond acceptors (Lipinski definition) is 1. The van der Waals surface area contributed by atoms with E-state index in [1.165, 1.54) is 45.2 Å². The van der Waals surface area contributed by atoms with Crippen LogP contribution in [0.2, 0.25) is 0 Å². The summed E-state index contributed by atoms with van der Waals surface area (Å²) in [5.74, 6) is 0. The Morgan fingerprint density at radius 3 is 2.71 bits per heavy atom. The molecule has 3 aromatic rings. The van der Waals surface area contributed by atoms with Gasteiger partial charge in [0.25, 0.3) is 0 Å². The first-order valence-corrected chi connectivity index (χ1v) is 6.88. The lowest BCUT2D eigenvalue weighted by atomic mass is 9.85. The van der Waals surface area contributed by atoms with Gasteiger partial charge in [-0.1, -0.05) is 24.3 Å². The molecule has 17 heavy (non-hydrogen) atoms. The molecule has 1 aromatic heterocycles. The van der Waals surface area contributed by atoms with Gasteiger partial charge in [-0.25, -0.2) is 0 Å². The summed E-state index contributed by atoms with van der Waals surface area (Å²) in [6.45, 7) is 0. The Balaban J connectivity index is 2.07. The van der Waals surface area contributed by atoms with E-state index in [9.17, 15) is 0 Å². The fourth-order valence-corrected chi connectivity index (χ4v) is 3.61. The minimum absolute atomic E-state index is 1.18. The molecule has 0 fully saturated rings. The molecule has 0 aliphatic heterocycles. The standard InChI is InChI=1S/C16H12S/c1-2-4-14-11(3-1)5-6-12-10-16-13(7-8-17-16)9-15(12)14/h1-4,7-10H,5-6H2. The molecule has 0 N–H and O–H groups in total. The van der Waals surface area contributed by atoms with Crippen LogP contribution in [-0.4, -0.2) is 0 Å². The van der Waals surface area contributed by atoms with Gasteiger partial charge in [-0.2, -0.15) is 0 Å². The topological polar surface area (TPSA) is 0 Å². The molecule has 82 valence electrons. The zero-order valence-electron chi connectivity index (χ0n) is 9.44. The van der Waals surface area contributed by atoms with Gasteiger partial charge in [-0.3, -0.25) is 0 Å². The van der Waals surface area contributed by atoms with E-state index in [0.29, 0.717) is 0 Å². The molecule has 2 aromatic carbocycles. The third kappa shape index (κ3) is 1.36. The van der Waals surface area contributed by atoms with Crippen molar-refractivity contribution < 1.29 is 0 Å². The first-order valence-electron chi connectivity index (χ1n) is 6.00. The van der Waals surface area contributed by atoms with Crippen molar-refractivity contribution in [3.8, 4) is 11.1 Å². The van der Waals surface area contributed by atoms with Crippen molar-refractivity contribution in [2.75, 3.05) is 0 Å². The van der Waals surface area contributed by atoms with Crippen molar-refractivity contribution in [3.05, 3.63) is 59.0 Å². The molecule has 1 aliphatic carbocycles. The summed E-state index contributed by atoms with van der Waals surface area (Å²) >= 11 is 1.84. The van der Waals surface area contributed by atoms with E-state index in [-0.39, 0.29) is 0 Å². The van der Waals surface area contributed by atoms with E-state index < -0.39 is 0 Å². The van der Waals surface area contributed by atoms with E-state index in [2.05, 4.69) is 47.8 Å². The summed E-state index contributed by atoms with van der Waals surface area (Å²) in [5, 5.41) is 3.56. The molecular weight excluding hydrogens is 224 g/mol. The lowest BCUT2D eigenvalue weighted by Crippen LogP contribution is -2.03. The number of thiophene rings is 1. The zero-order chi connectivity index (χ0) is 11.2. The van der Waals surface area contributed by atoms with Crippen LogP contribution in [0.1, 0.15) is 11.1 Å². The average molecular weight is 236 g/mol. The Morgan fingerprint density at radius 2 is 1.71 bits per heavy atom. The monoisotopic (exact) mass is 236 g/mol. The Kier molecular flexibility index (Phi) is 1.91. The van der Waals surface area contributed by atoms with Crippen LogP contribution in [0.4, 0.5) is 0 Å². The van der Waals surface area contributed by atoms with Crippen LogP contribution in [-0.2, 0) is 12.8 Å². The normalized spacial score (nSPS) is 13.4. The molecule has 0 atom stereocenters. The summed E-state index contributed by atoms with van der Waals surface area (Å²) in [4.78, 5) is 0. The molecular formula is C16H12S. The Morgan fingerprint density at radius 1 is 0.824 bits per heavy atom. The summed E-state index contributed by atoms with van der Waals surface area (Å²) < 4.78 is 1.42. The number of rotatable bonds is 0. The second-order valence-electron chi connectivity index (χ2n) is 4.62. The van der Waals surface area contributed by atoms with Gasteiger partial charge in [-0.15, -0.1) is 11.3 Å². The molecule has 1 heteroatoms. The minimum atomic E-state index is 1.18. The minimum Gasteiger partial charge on any atom is -0.144 e. The lowest BCUT2D eigenvalue weighted by molar-refractivity contribution is 0.945. The van der Waals surface area contributed by atoms with Gasteiger partial charge in [0, 0.05) is 4.70 Å². The van der Waals surface area contributed by atoms with Crippen molar-refractivity contribution in [3.63, 3.8) is 0 Å². The molecule has 0 saturated carbocycles. The van der Waals surface area contributed by atoms with E-state index in [1.54, 1.807) is 0 Å². The van der Waals surface area contributed by atoms with E-state index in [1.807, 2.05) is 11.3 Å². The van der Waals surface area contributed by atoms with Crippen LogP contribution in [0, 0.1) is 0 Å². The third-order valence-electron chi connectivity index (χ3n) is 3.65. The molecule has 4 rings (SSSR count). The fraction of sp³-hybridized carbons (Fsp3) is 0.125. The maximum atomic E-state index is 2.38.